The Morgan fingerprint density at radius 3 is 2.42 bits per heavy atom. The average molecular weight is 625 g/mol. The van der Waals surface area contributed by atoms with Crippen LogP contribution in [-0.2, 0) is 4.74 Å². The van der Waals surface area contributed by atoms with E-state index < -0.39 is 11.8 Å². The number of carbonyl (C=O) groups is 2. The zero-order valence-electron chi connectivity index (χ0n) is 22.2. The number of hydrogen-bond donors (Lipinski definition) is 4. The van der Waals surface area contributed by atoms with Gasteiger partial charge in [0.05, 0.1) is 28.3 Å². The van der Waals surface area contributed by atoms with Gasteiger partial charge in [0.15, 0.2) is 0 Å². The molecule has 0 aliphatic rings. The molecule has 0 spiro atoms. The molecule has 212 valence electrons. The molecule has 8 nitrogen and oxygen atoms in total. The van der Waals surface area contributed by atoms with E-state index in [2.05, 4.69) is 39.8 Å². The van der Waals surface area contributed by atoms with Crippen molar-refractivity contribution in [1.82, 2.24) is 9.97 Å². The fourth-order valence-electron chi connectivity index (χ4n) is 4.01. The van der Waals surface area contributed by atoms with Gasteiger partial charge in [-0.25, -0.2) is 4.98 Å². The molecular weight excluding hydrogens is 596 g/mol. The van der Waals surface area contributed by atoms with Crippen molar-refractivity contribution in [1.29, 1.82) is 0 Å². The van der Waals surface area contributed by atoms with Crippen LogP contribution in [0.4, 0.5) is 17.3 Å². The predicted octanol–water partition coefficient (Wildman–Crippen LogP) is 7.84. The third-order valence-corrected chi connectivity index (χ3v) is 7.02. The molecule has 1 aromatic heterocycles. The summed E-state index contributed by atoms with van der Waals surface area (Å²) in [6.07, 6.45) is 0. The largest absolute Gasteiger partial charge is 0.384 e. The van der Waals surface area contributed by atoms with E-state index in [1.807, 2.05) is 6.92 Å². The Bertz CT molecular complexity index is 1550. The Labute approximate surface area is 253 Å². The number of halogens is 4. The Kier molecular flexibility index (Phi) is 10.3. The van der Waals surface area contributed by atoms with Gasteiger partial charge < -0.3 is 25.7 Å². The number of hydrogen-bond acceptors (Lipinski definition) is 5. The minimum Gasteiger partial charge on any atom is -0.384 e. The number of fused-ring (bicyclic) bond motifs is 1. The highest BCUT2D eigenvalue weighted by Gasteiger charge is 2.21. The second-order valence-electron chi connectivity index (χ2n) is 9.90. The summed E-state index contributed by atoms with van der Waals surface area (Å²) in [4.78, 5) is 34.4. The van der Waals surface area contributed by atoms with Crippen molar-refractivity contribution in [2.75, 3.05) is 36.2 Å². The predicted molar refractivity (Wildman–Crippen MR) is 166 cm³/mol. The quantitative estimate of drug-likeness (QED) is 0.152. The SMILES string of the molecule is COCC(C)(C)CNc1nc2c(C(=O)Nc3cccc(Cl)c3C)cc(NC(=O)c3cc(Cl)ccc3Cl)cc2[nH]1.Cl. The first-order valence-corrected chi connectivity index (χ1v) is 13.2. The molecular formula is C28H29Cl4N5O3. The zero-order chi connectivity index (χ0) is 28.3. The number of imidazole rings is 1. The Balaban J connectivity index is 0.00000441. The molecule has 0 aliphatic carbocycles. The number of aromatic amines is 1. The highest BCUT2D eigenvalue weighted by molar-refractivity contribution is 6.36. The van der Waals surface area contributed by atoms with Gasteiger partial charge in [-0.1, -0.05) is 54.7 Å². The lowest BCUT2D eigenvalue weighted by atomic mass is 9.95. The summed E-state index contributed by atoms with van der Waals surface area (Å²) in [6, 6.07) is 13.2. The molecule has 4 N–H and O–H groups in total. The number of carbonyl (C=O) groups excluding carboxylic acids is 2. The van der Waals surface area contributed by atoms with E-state index in [1.54, 1.807) is 49.6 Å². The molecule has 0 radical (unpaired) electrons. The van der Waals surface area contributed by atoms with Crippen LogP contribution in [0.5, 0.6) is 0 Å². The van der Waals surface area contributed by atoms with E-state index in [4.69, 9.17) is 39.5 Å². The summed E-state index contributed by atoms with van der Waals surface area (Å²) in [5, 5.41) is 10.1. The van der Waals surface area contributed by atoms with Gasteiger partial charge in [0.1, 0.15) is 5.52 Å². The van der Waals surface area contributed by atoms with Crippen LogP contribution < -0.4 is 16.0 Å². The van der Waals surface area contributed by atoms with Crippen molar-refractivity contribution >= 4 is 87.4 Å². The molecule has 2 amide bonds. The average Bonchev–Trinajstić information content (AvgIpc) is 3.29. The highest BCUT2D eigenvalue weighted by Crippen LogP contribution is 2.29. The maximum absolute atomic E-state index is 13.5. The van der Waals surface area contributed by atoms with Crippen molar-refractivity contribution in [2.45, 2.75) is 20.8 Å². The smallest absolute Gasteiger partial charge is 0.258 e. The van der Waals surface area contributed by atoms with Crippen LogP contribution in [-0.4, -0.2) is 42.0 Å². The maximum Gasteiger partial charge on any atom is 0.258 e. The standard InChI is InChI=1S/C28H28Cl3N5O3.ClH/c1-15-20(30)6-5-7-22(15)34-26(38)19-11-17(33-25(37)18-10-16(29)8-9-21(18)31)12-23-24(19)36-27(35-23)32-13-28(2,3)14-39-4;/h5-12H,13-14H2,1-4H3,(H,33,37)(H,34,38)(H2,32,35,36);1H. The first kappa shape index (κ1) is 31.5. The fourth-order valence-corrected chi connectivity index (χ4v) is 4.56. The number of H-pyrrole nitrogens is 1. The molecule has 0 saturated carbocycles. The van der Waals surface area contributed by atoms with E-state index in [1.165, 1.54) is 6.07 Å². The molecule has 40 heavy (non-hydrogen) atoms. The summed E-state index contributed by atoms with van der Waals surface area (Å²) in [7, 11) is 1.65. The number of methoxy groups -OCH3 is 1. The normalized spacial score (nSPS) is 11.2. The molecule has 0 unspecified atom stereocenters. The van der Waals surface area contributed by atoms with Crippen molar-refractivity contribution in [3.05, 3.63) is 80.3 Å². The molecule has 0 atom stereocenters. The van der Waals surface area contributed by atoms with Gasteiger partial charge in [-0.05, 0) is 55.0 Å². The summed E-state index contributed by atoms with van der Waals surface area (Å²) in [5.41, 5.74) is 2.93. The van der Waals surface area contributed by atoms with Crippen LogP contribution in [0.3, 0.4) is 0 Å². The van der Waals surface area contributed by atoms with E-state index >= 15 is 0 Å². The van der Waals surface area contributed by atoms with Crippen molar-refractivity contribution in [3.8, 4) is 0 Å². The Morgan fingerprint density at radius 1 is 0.975 bits per heavy atom. The lowest BCUT2D eigenvalue weighted by Gasteiger charge is -2.23. The fraction of sp³-hybridized carbons (Fsp3) is 0.250. The Hall–Kier alpha value is -3.01. The van der Waals surface area contributed by atoms with E-state index in [9.17, 15) is 9.59 Å². The molecule has 12 heteroatoms. The van der Waals surface area contributed by atoms with Gasteiger partial charge in [-0.15, -0.1) is 12.4 Å². The van der Waals surface area contributed by atoms with Gasteiger partial charge in [-0.2, -0.15) is 0 Å². The number of amides is 2. The van der Waals surface area contributed by atoms with Gasteiger partial charge in [0.25, 0.3) is 11.8 Å². The van der Waals surface area contributed by atoms with E-state index in [-0.39, 0.29) is 34.0 Å². The minimum absolute atomic E-state index is 0. The summed E-state index contributed by atoms with van der Waals surface area (Å²) >= 11 is 18.5. The van der Waals surface area contributed by atoms with Gasteiger partial charge >= 0.3 is 0 Å². The molecule has 4 aromatic rings. The number of aromatic nitrogens is 2. The monoisotopic (exact) mass is 623 g/mol. The molecule has 0 fully saturated rings. The molecule has 4 rings (SSSR count). The lowest BCUT2D eigenvalue weighted by molar-refractivity contribution is 0.101. The summed E-state index contributed by atoms with van der Waals surface area (Å²) in [5.74, 6) is -0.415. The summed E-state index contributed by atoms with van der Waals surface area (Å²) < 4.78 is 5.29. The molecule has 0 aliphatic heterocycles. The van der Waals surface area contributed by atoms with Gasteiger partial charge in [-0.3, -0.25) is 9.59 Å². The van der Waals surface area contributed by atoms with Crippen molar-refractivity contribution in [2.24, 2.45) is 5.41 Å². The first-order chi connectivity index (χ1) is 18.5. The van der Waals surface area contributed by atoms with Crippen molar-refractivity contribution in [3.63, 3.8) is 0 Å². The van der Waals surface area contributed by atoms with E-state index in [0.717, 1.165) is 5.56 Å². The number of rotatable bonds is 9. The van der Waals surface area contributed by atoms with Gasteiger partial charge in [0.2, 0.25) is 5.95 Å². The van der Waals surface area contributed by atoms with Crippen LogP contribution in [0.15, 0.2) is 48.5 Å². The summed E-state index contributed by atoms with van der Waals surface area (Å²) in [6.45, 7) is 7.06. The van der Waals surface area contributed by atoms with Crippen LogP contribution in [0.1, 0.15) is 40.1 Å². The lowest BCUT2D eigenvalue weighted by Crippen LogP contribution is -2.28. The second kappa shape index (κ2) is 13.1. The number of nitrogens with zero attached hydrogens (tertiary/aromatic N) is 1. The third kappa shape index (κ3) is 7.38. The van der Waals surface area contributed by atoms with Crippen molar-refractivity contribution < 1.29 is 14.3 Å². The Morgan fingerprint density at radius 2 is 1.70 bits per heavy atom. The van der Waals surface area contributed by atoms with Crippen LogP contribution in [0.2, 0.25) is 15.1 Å². The molecule has 0 bridgehead atoms. The molecule has 0 saturated heterocycles. The topological polar surface area (TPSA) is 108 Å². The first-order valence-electron chi connectivity index (χ1n) is 12.1. The number of ether oxygens (including phenoxy) is 1. The zero-order valence-corrected chi connectivity index (χ0v) is 25.3. The maximum atomic E-state index is 13.5. The minimum atomic E-state index is -0.474. The molecule has 1 heterocycles. The van der Waals surface area contributed by atoms with Crippen LogP contribution >= 0.6 is 47.2 Å². The van der Waals surface area contributed by atoms with Gasteiger partial charge in [0, 0.05) is 40.5 Å². The second-order valence-corrected chi connectivity index (χ2v) is 11.2. The highest BCUT2D eigenvalue weighted by atomic mass is 35.5. The molecule has 3 aromatic carbocycles. The number of anilines is 3. The van der Waals surface area contributed by atoms with Crippen LogP contribution in [0, 0.1) is 12.3 Å². The number of nitrogens with one attached hydrogen (secondary N) is 4. The van der Waals surface area contributed by atoms with E-state index in [0.29, 0.717) is 51.6 Å². The number of benzene rings is 3. The van der Waals surface area contributed by atoms with Crippen LogP contribution in [0.25, 0.3) is 11.0 Å². The third-order valence-electron chi connectivity index (χ3n) is 6.05.